The molecule has 0 radical (unpaired) electrons. The van der Waals surface area contributed by atoms with E-state index in [9.17, 15) is 0 Å². The predicted molar refractivity (Wildman–Crippen MR) is 78.4 cm³/mol. The van der Waals surface area contributed by atoms with Gasteiger partial charge in [0.05, 0.1) is 7.11 Å². The molecule has 0 aromatic heterocycles. The van der Waals surface area contributed by atoms with Gasteiger partial charge in [-0.05, 0) is 55.2 Å². The van der Waals surface area contributed by atoms with Crippen molar-refractivity contribution in [2.75, 3.05) is 7.11 Å². The van der Waals surface area contributed by atoms with E-state index >= 15 is 0 Å². The minimum absolute atomic E-state index is 0.866. The molecule has 0 aliphatic heterocycles. The monoisotopic (exact) mass is 256 g/mol. The molecule has 0 bridgehead atoms. The number of aryl methyl sites for hydroxylation is 3. The molecular weight excluding hydrogens is 236 g/mol. The van der Waals surface area contributed by atoms with E-state index in [1.165, 1.54) is 0 Å². The Morgan fingerprint density at radius 3 is 2.26 bits per heavy atom. The van der Waals surface area contributed by atoms with Crippen molar-refractivity contribution in [2.45, 2.75) is 27.2 Å². The van der Waals surface area contributed by atoms with Crippen LogP contribution in [0.4, 0.5) is 0 Å². The molecule has 2 heteroatoms. The molecule has 0 spiro atoms. The summed E-state index contributed by atoms with van der Waals surface area (Å²) in [5.74, 6) is 2.72. The number of hydrogen-bond acceptors (Lipinski definition) is 2. The largest absolute Gasteiger partial charge is 0.497 e. The molecule has 100 valence electrons. The summed E-state index contributed by atoms with van der Waals surface area (Å²) in [6.45, 7) is 6.25. The van der Waals surface area contributed by atoms with Crippen LogP contribution in [0.5, 0.6) is 17.2 Å². The number of hydrogen-bond donors (Lipinski definition) is 0. The second-order valence-electron chi connectivity index (χ2n) is 4.65. The number of benzene rings is 2. The summed E-state index contributed by atoms with van der Waals surface area (Å²) in [4.78, 5) is 0. The average molecular weight is 256 g/mol. The molecule has 0 atom stereocenters. The molecular formula is C17H20O2. The Labute approximate surface area is 115 Å². The molecule has 0 saturated carbocycles. The molecule has 0 amide bonds. The first-order valence-electron chi connectivity index (χ1n) is 6.56. The van der Waals surface area contributed by atoms with Crippen molar-refractivity contribution in [3.8, 4) is 17.2 Å². The summed E-state index contributed by atoms with van der Waals surface area (Å²) in [5.41, 5.74) is 3.46. The third kappa shape index (κ3) is 2.90. The average Bonchev–Trinajstić information content (AvgIpc) is 2.43. The maximum absolute atomic E-state index is 6.11. The summed E-state index contributed by atoms with van der Waals surface area (Å²) >= 11 is 0. The lowest BCUT2D eigenvalue weighted by atomic mass is 10.1. The molecule has 2 rings (SSSR count). The Bertz CT molecular complexity index is 553. The lowest BCUT2D eigenvalue weighted by Crippen LogP contribution is -1.95. The van der Waals surface area contributed by atoms with Gasteiger partial charge in [-0.1, -0.05) is 25.1 Å². The first-order valence-corrected chi connectivity index (χ1v) is 6.56. The maximum atomic E-state index is 6.11. The van der Waals surface area contributed by atoms with Gasteiger partial charge in [0.25, 0.3) is 0 Å². The molecule has 2 aromatic carbocycles. The standard InChI is InChI=1S/C17H20O2/c1-5-14-11-15(18-4)9-10-16(14)19-17-12(2)7-6-8-13(17)3/h6-11H,5H2,1-4H3. The zero-order valence-corrected chi connectivity index (χ0v) is 12.0. The van der Waals surface area contributed by atoms with Gasteiger partial charge in [-0.15, -0.1) is 0 Å². The lowest BCUT2D eigenvalue weighted by Gasteiger charge is -2.15. The topological polar surface area (TPSA) is 18.5 Å². The number of methoxy groups -OCH3 is 1. The van der Waals surface area contributed by atoms with Crippen molar-refractivity contribution in [2.24, 2.45) is 0 Å². The van der Waals surface area contributed by atoms with E-state index < -0.39 is 0 Å². The fourth-order valence-electron chi connectivity index (χ4n) is 2.13. The van der Waals surface area contributed by atoms with Crippen molar-refractivity contribution in [1.29, 1.82) is 0 Å². The van der Waals surface area contributed by atoms with Gasteiger partial charge in [0.2, 0.25) is 0 Å². The number of para-hydroxylation sites is 1. The zero-order valence-electron chi connectivity index (χ0n) is 12.0. The highest BCUT2D eigenvalue weighted by atomic mass is 16.5. The van der Waals surface area contributed by atoms with Crippen molar-refractivity contribution >= 4 is 0 Å². The van der Waals surface area contributed by atoms with Crippen LogP contribution in [0.3, 0.4) is 0 Å². The van der Waals surface area contributed by atoms with Gasteiger partial charge >= 0.3 is 0 Å². The summed E-state index contributed by atoms with van der Waals surface area (Å²) < 4.78 is 11.4. The Balaban J connectivity index is 2.38. The van der Waals surface area contributed by atoms with Gasteiger partial charge in [0.15, 0.2) is 0 Å². The van der Waals surface area contributed by atoms with Crippen LogP contribution in [0.25, 0.3) is 0 Å². The van der Waals surface area contributed by atoms with Crippen molar-refractivity contribution in [3.05, 3.63) is 53.1 Å². The van der Waals surface area contributed by atoms with Crippen LogP contribution in [0.15, 0.2) is 36.4 Å². The lowest BCUT2D eigenvalue weighted by molar-refractivity contribution is 0.411. The van der Waals surface area contributed by atoms with E-state index in [-0.39, 0.29) is 0 Å². The molecule has 0 aliphatic rings. The van der Waals surface area contributed by atoms with E-state index in [0.717, 1.165) is 40.4 Å². The third-order valence-corrected chi connectivity index (χ3v) is 3.27. The quantitative estimate of drug-likeness (QED) is 0.791. The first-order chi connectivity index (χ1) is 9.15. The van der Waals surface area contributed by atoms with Crippen molar-refractivity contribution in [3.63, 3.8) is 0 Å². The van der Waals surface area contributed by atoms with E-state index in [4.69, 9.17) is 9.47 Å². The molecule has 0 fully saturated rings. The normalized spacial score (nSPS) is 10.3. The summed E-state index contributed by atoms with van der Waals surface area (Å²) in [5, 5.41) is 0. The zero-order chi connectivity index (χ0) is 13.8. The molecule has 0 heterocycles. The molecule has 19 heavy (non-hydrogen) atoms. The Morgan fingerprint density at radius 1 is 1.00 bits per heavy atom. The Kier molecular flexibility index (Phi) is 4.10. The minimum atomic E-state index is 0.866. The van der Waals surface area contributed by atoms with Gasteiger partial charge in [0, 0.05) is 0 Å². The van der Waals surface area contributed by atoms with Crippen LogP contribution in [0.1, 0.15) is 23.6 Å². The van der Waals surface area contributed by atoms with Crippen molar-refractivity contribution < 1.29 is 9.47 Å². The van der Waals surface area contributed by atoms with Crippen LogP contribution in [-0.4, -0.2) is 7.11 Å². The van der Waals surface area contributed by atoms with Crippen LogP contribution in [-0.2, 0) is 6.42 Å². The third-order valence-electron chi connectivity index (χ3n) is 3.27. The fourth-order valence-corrected chi connectivity index (χ4v) is 2.13. The summed E-state index contributed by atoms with van der Waals surface area (Å²) in [6.07, 6.45) is 0.914. The highest BCUT2D eigenvalue weighted by molar-refractivity contribution is 5.47. The van der Waals surface area contributed by atoms with E-state index in [0.29, 0.717) is 0 Å². The van der Waals surface area contributed by atoms with Crippen LogP contribution < -0.4 is 9.47 Å². The van der Waals surface area contributed by atoms with Crippen LogP contribution in [0.2, 0.25) is 0 Å². The first kappa shape index (κ1) is 13.5. The maximum Gasteiger partial charge on any atom is 0.133 e. The highest BCUT2D eigenvalue weighted by Gasteiger charge is 2.09. The second-order valence-corrected chi connectivity index (χ2v) is 4.65. The minimum Gasteiger partial charge on any atom is -0.497 e. The molecule has 2 aromatic rings. The van der Waals surface area contributed by atoms with Gasteiger partial charge in [-0.2, -0.15) is 0 Å². The van der Waals surface area contributed by atoms with E-state index in [1.54, 1.807) is 7.11 Å². The molecule has 0 saturated heterocycles. The number of rotatable bonds is 4. The molecule has 0 unspecified atom stereocenters. The number of ether oxygens (including phenoxy) is 2. The molecule has 0 aliphatic carbocycles. The highest BCUT2D eigenvalue weighted by Crippen LogP contribution is 2.32. The van der Waals surface area contributed by atoms with Gasteiger partial charge < -0.3 is 9.47 Å². The summed E-state index contributed by atoms with van der Waals surface area (Å²) in [7, 11) is 1.68. The van der Waals surface area contributed by atoms with Crippen molar-refractivity contribution in [1.82, 2.24) is 0 Å². The smallest absolute Gasteiger partial charge is 0.133 e. The fraction of sp³-hybridized carbons (Fsp3) is 0.294. The predicted octanol–water partition coefficient (Wildman–Crippen LogP) is 4.67. The molecule has 2 nitrogen and oxygen atoms in total. The molecule has 0 N–H and O–H groups in total. The SMILES string of the molecule is CCc1cc(OC)ccc1Oc1c(C)cccc1C. The van der Waals surface area contributed by atoms with E-state index in [2.05, 4.69) is 32.9 Å². The Hall–Kier alpha value is -1.96. The van der Waals surface area contributed by atoms with Gasteiger partial charge in [-0.25, -0.2) is 0 Å². The van der Waals surface area contributed by atoms with Gasteiger partial charge in [-0.3, -0.25) is 0 Å². The Morgan fingerprint density at radius 2 is 1.68 bits per heavy atom. The van der Waals surface area contributed by atoms with Crippen LogP contribution >= 0.6 is 0 Å². The second kappa shape index (κ2) is 5.79. The summed E-state index contributed by atoms with van der Waals surface area (Å²) in [6, 6.07) is 12.1. The van der Waals surface area contributed by atoms with Crippen LogP contribution in [0, 0.1) is 13.8 Å². The van der Waals surface area contributed by atoms with E-state index in [1.807, 2.05) is 24.3 Å². The van der Waals surface area contributed by atoms with Gasteiger partial charge in [0.1, 0.15) is 17.2 Å².